The fourth-order valence-corrected chi connectivity index (χ4v) is 4.73. The molecule has 2 aromatic carbocycles. The van der Waals surface area contributed by atoms with Gasteiger partial charge < -0.3 is 25.0 Å². The highest BCUT2D eigenvalue weighted by Gasteiger charge is 2.26. The minimum atomic E-state index is -0.302. The van der Waals surface area contributed by atoms with Gasteiger partial charge in [0.1, 0.15) is 0 Å². The van der Waals surface area contributed by atoms with E-state index in [0.717, 1.165) is 41.7 Å². The van der Waals surface area contributed by atoms with Crippen molar-refractivity contribution in [1.82, 2.24) is 25.0 Å². The molecule has 2 aliphatic heterocycles. The number of hydrogen-bond acceptors (Lipinski definition) is 5. The van der Waals surface area contributed by atoms with Crippen molar-refractivity contribution < 1.29 is 9.59 Å². The summed E-state index contributed by atoms with van der Waals surface area (Å²) in [6.45, 7) is 5.52. The maximum absolute atomic E-state index is 12.8. The quantitative estimate of drug-likeness (QED) is 0.572. The van der Waals surface area contributed by atoms with Gasteiger partial charge in [0.2, 0.25) is 5.91 Å². The van der Waals surface area contributed by atoms with E-state index in [1.807, 2.05) is 55.5 Å². The fraction of sp³-hybridized carbons (Fsp3) is 0.385. The summed E-state index contributed by atoms with van der Waals surface area (Å²) in [5.74, 6) is 1.45. The normalized spacial score (nSPS) is 16.0. The summed E-state index contributed by atoms with van der Waals surface area (Å²) in [5.41, 5.74) is 2.92. The molecule has 9 heteroatoms. The van der Waals surface area contributed by atoms with Gasteiger partial charge >= 0.3 is 6.03 Å². The molecule has 0 spiro atoms. The maximum atomic E-state index is 12.8. The molecule has 3 heterocycles. The van der Waals surface area contributed by atoms with Gasteiger partial charge in [0, 0.05) is 55.6 Å². The zero-order valence-electron chi connectivity index (χ0n) is 20.0. The van der Waals surface area contributed by atoms with Crippen LogP contribution in [-0.4, -0.2) is 57.3 Å². The van der Waals surface area contributed by atoms with Crippen LogP contribution in [0, 0.1) is 0 Å². The Labute approximate surface area is 205 Å². The molecule has 182 valence electrons. The summed E-state index contributed by atoms with van der Waals surface area (Å²) in [4.78, 5) is 29.5. The summed E-state index contributed by atoms with van der Waals surface area (Å²) in [6.07, 6.45) is 2.61. The highest BCUT2D eigenvalue weighted by molar-refractivity contribution is 5.92. The molecule has 5 rings (SSSR count). The van der Waals surface area contributed by atoms with Crippen molar-refractivity contribution in [2.24, 2.45) is 0 Å². The van der Waals surface area contributed by atoms with Crippen LogP contribution in [0.3, 0.4) is 0 Å². The molecule has 2 aliphatic rings. The monoisotopic (exact) mass is 473 g/mol. The number of aromatic nitrogens is 3. The third kappa shape index (κ3) is 5.29. The molecule has 1 saturated heterocycles. The van der Waals surface area contributed by atoms with Gasteiger partial charge in [0.25, 0.3) is 0 Å². The number of nitrogens with one attached hydrogen (secondary N) is 2. The molecule has 0 bridgehead atoms. The Morgan fingerprint density at radius 1 is 0.971 bits per heavy atom. The van der Waals surface area contributed by atoms with E-state index in [9.17, 15) is 9.59 Å². The van der Waals surface area contributed by atoms with Crippen LogP contribution in [0.15, 0.2) is 54.6 Å². The Balaban J connectivity index is 1.13. The number of carbonyl (C=O) groups is 2. The Hall–Kier alpha value is -3.88. The lowest BCUT2D eigenvalue weighted by molar-refractivity contribution is -0.116. The Morgan fingerprint density at radius 2 is 1.77 bits per heavy atom. The van der Waals surface area contributed by atoms with Crippen molar-refractivity contribution in [3.63, 3.8) is 0 Å². The second-order valence-corrected chi connectivity index (χ2v) is 9.23. The second kappa shape index (κ2) is 10.2. The summed E-state index contributed by atoms with van der Waals surface area (Å²) < 4.78 is 2.06. The van der Waals surface area contributed by atoms with Crippen molar-refractivity contribution in [3.8, 4) is 11.4 Å². The standard InChI is InChI=1S/C26H31N7O2/c1-19(16-24(34)28-21-10-7-11-22(17-21)31-12-5-6-13-31)27-26(35)32-14-15-33-23(18-32)29-30-25(33)20-8-3-2-4-9-20/h2-4,7-11,17,19H,5-6,12-16,18H2,1H3,(H,27,35)(H,28,34). The van der Waals surface area contributed by atoms with Crippen LogP contribution < -0.4 is 15.5 Å². The molecule has 1 fully saturated rings. The van der Waals surface area contributed by atoms with Crippen molar-refractivity contribution in [2.45, 2.75) is 45.3 Å². The first-order valence-corrected chi connectivity index (χ1v) is 12.2. The molecule has 0 saturated carbocycles. The minimum Gasteiger partial charge on any atom is -0.371 e. The third-order valence-corrected chi connectivity index (χ3v) is 6.53. The van der Waals surface area contributed by atoms with E-state index in [2.05, 4.69) is 36.4 Å². The average Bonchev–Trinajstić information content (AvgIpc) is 3.54. The molecule has 2 N–H and O–H groups in total. The molecule has 1 unspecified atom stereocenters. The van der Waals surface area contributed by atoms with Crippen molar-refractivity contribution in [3.05, 3.63) is 60.4 Å². The van der Waals surface area contributed by atoms with Crippen molar-refractivity contribution in [1.29, 1.82) is 0 Å². The third-order valence-electron chi connectivity index (χ3n) is 6.53. The molecule has 1 atom stereocenters. The Bertz CT molecular complexity index is 1190. The second-order valence-electron chi connectivity index (χ2n) is 9.23. The first-order valence-electron chi connectivity index (χ1n) is 12.2. The number of carbonyl (C=O) groups excluding carboxylic acids is 2. The van der Waals surface area contributed by atoms with Gasteiger partial charge in [-0.3, -0.25) is 4.79 Å². The van der Waals surface area contributed by atoms with E-state index >= 15 is 0 Å². The van der Waals surface area contributed by atoms with Crippen LogP contribution in [0.1, 0.15) is 32.0 Å². The minimum absolute atomic E-state index is 0.123. The predicted molar refractivity (Wildman–Crippen MR) is 135 cm³/mol. The molecule has 3 amide bonds. The summed E-state index contributed by atoms with van der Waals surface area (Å²) in [7, 11) is 0. The number of anilines is 2. The van der Waals surface area contributed by atoms with E-state index in [4.69, 9.17) is 0 Å². The van der Waals surface area contributed by atoms with Crippen LogP contribution in [0.5, 0.6) is 0 Å². The molecule has 1 aromatic heterocycles. The molecule has 35 heavy (non-hydrogen) atoms. The van der Waals surface area contributed by atoms with E-state index in [-0.39, 0.29) is 24.4 Å². The molecular formula is C26H31N7O2. The summed E-state index contributed by atoms with van der Waals surface area (Å²) in [5, 5.41) is 14.6. The van der Waals surface area contributed by atoms with Crippen LogP contribution >= 0.6 is 0 Å². The van der Waals surface area contributed by atoms with E-state index < -0.39 is 0 Å². The number of hydrogen-bond donors (Lipinski definition) is 2. The zero-order chi connectivity index (χ0) is 24.2. The Kier molecular flexibility index (Phi) is 6.65. The maximum Gasteiger partial charge on any atom is 0.318 e. The molecule has 0 aliphatic carbocycles. The van der Waals surface area contributed by atoms with Crippen LogP contribution in [0.2, 0.25) is 0 Å². The number of rotatable bonds is 6. The van der Waals surface area contributed by atoms with Gasteiger partial charge in [-0.15, -0.1) is 10.2 Å². The van der Waals surface area contributed by atoms with Crippen LogP contribution in [0.4, 0.5) is 16.2 Å². The predicted octanol–water partition coefficient (Wildman–Crippen LogP) is 3.49. The summed E-state index contributed by atoms with van der Waals surface area (Å²) in [6, 6.07) is 17.4. The van der Waals surface area contributed by atoms with Gasteiger partial charge in [-0.2, -0.15) is 0 Å². The number of urea groups is 1. The Morgan fingerprint density at radius 3 is 2.57 bits per heavy atom. The molecule has 9 nitrogen and oxygen atoms in total. The van der Waals surface area contributed by atoms with Gasteiger partial charge in [0.15, 0.2) is 11.6 Å². The summed E-state index contributed by atoms with van der Waals surface area (Å²) >= 11 is 0. The highest BCUT2D eigenvalue weighted by atomic mass is 16.2. The topological polar surface area (TPSA) is 95.4 Å². The molecule has 3 aromatic rings. The number of benzene rings is 2. The average molecular weight is 474 g/mol. The van der Waals surface area contributed by atoms with Gasteiger partial charge in [-0.05, 0) is 38.0 Å². The van der Waals surface area contributed by atoms with E-state index in [0.29, 0.717) is 19.6 Å². The first kappa shape index (κ1) is 22.9. The molecule has 0 radical (unpaired) electrons. The zero-order valence-corrected chi connectivity index (χ0v) is 20.0. The lowest BCUT2D eigenvalue weighted by atomic mass is 10.2. The molecular weight excluding hydrogens is 442 g/mol. The first-order chi connectivity index (χ1) is 17.1. The largest absolute Gasteiger partial charge is 0.371 e. The van der Waals surface area contributed by atoms with Gasteiger partial charge in [-0.25, -0.2) is 4.79 Å². The van der Waals surface area contributed by atoms with Gasteiger partial charge in [-0.1, -0.05) is 36.4 Å². The van der Waals surface area contributed by atoms with E-state index in [1.165, 1.54) is 12.8 Å². The number of nitrogens with zero attached hydrogens (tertiary/aromatic N) is 5. The lowest BCUT2D eigenvalue weighted by Crippen LogP contribution is -2.47. The number of amides is 3. The van der Waals surface area contributed by atoms with Crippen molar-refractivity contribution >= 4 is 23.3 Å². The van der Waals surface area contributed by atoms with Crippen molar-refractivity contribution in [2.75, 3.05) is 29.9 Å². The smallest absolute Gasteiger partial charge is 0.318 e. The lowest BCUT2D eigenvalue weighted by Gasteiger charge is -2.29. The SMILES string of the molecule is CC(CC(=O)Nc1cccc(N2CCCC2)c1)NC(=O)N1CCn2c(nnc2-c2ccccc2)C1. The van der Waals surface area contributed by atoms with Crippen LogP contribution in [-0.2, 0) is 17.9 Å². The fourth-order valence-electron chi connectivity index (χ4n) is 4.73. The number of fused-ring (bicyclic) bond motifs is 1. The van der Waals surface area contributed by atoms with E-state index in [1.54, 1.807) is 4.90 Å². The van der Waals surface area contributed by atoms with Crippen LogP contribution in [0.25, 0.3) is 11.4 Å². The highest BCUT2D eigenvalue weighted by Crippen LogP contribution is 2.24. The van der Waals surface area contributed by atoms with Gasteiger partial charge in [0.05, 0.1) is 6.54 Å².